The van der Waals surface area contributed by atoms with Gasteiger partial charge in [0.25, 0.3) is 0 Å². The van der Waals surface area contributed by atoms with Crippen molar-refractivity contribution in [3.63, 3.8) is 0 Å². The minimum absolute atomic E-state index is 0.486. The lowest BCUT2D eigenvalue weighted by atomic mass is 9.62. The molecule has 0 amide bonds. The average Bonchev–Trinajstić information content (AvgIpc) is 3.22. The maximum Gasteiger partial charge on any atom is 0.106 e. The number of rotatable bonds is 2. The van der Waals surface area contributed by atoms with Crippen LogP contribution in [-0.2, 0) is 13.1 Å². The molecule has 0 N–H and O–H groups in total. The van der Waals surface area contributed by atoms with Crippen LogP contribution in [0.3, 0.4) is 0 Å². The summed E-state index contributed by atoms with van der Waals surface area (Å²) in [6.45, 7) is 4.35. The Morgan fingerprint density at radius 1 is 0.556 bits per heavy atom. The first-order valence-corrected chi connectivity index (χ1v) is 16.0. The Labute approximate surface area is 263 Å². The van der Waals surface area contributed by atoms with Crippen molar-refractivity contribution in [2.75, 3.05) is 13.1 Å². The second kappa shape index (κ2) is 9.64. The molecule has 6 aromatic rings. The molecule has 1 saturated carbocycles. The van der Waals surface area contributed by atoms with Crippen LogP contribution in [0.5, 0.6) is 0 Å². The zero-order valence-electron chi connectivity index (χ0n) is 25.2. The summed E-state index contributed by atoms with van der Waals surface area (Å²) in [5, 5.41) is 24.7. The molecular formula is C42H32N3+. The molecule has 2 fully saturated rings. The van der Waals surface area contributed by atoms with Gasteiger partial charge in [0.1, 0.15) is 13.1 Å². The molecule has 2 heterocycles. The molecule has 9 rings (SSSR count). The van der Waals surface area contributed by atoms with Crippen molar-refractivity contribution < 1.29 is 4.48 Å². The van der Waals surface area contributed by atoms with Crippen molar-refractivity contribution in [1.82, 2.24) is 0 Å². The lowest BCUT2D eigenvalue weighted by Crippen LogP contribution is -2.70. The van der Waals surface area contributed by atoms with E-state index in [-0.39, 0.29) is 0 Å². The topological polar surface area (TPSA) is 47.6 Å². The SMILES string of the molecule is N#Cc1cccc(-c2cc3ccccc3c3c2C[N+]2(Cc4c(-c5cccc(C#N)c5)cc5ccccc5c4-3)CC3(CCC3)C2)c1. The van der Waals surface area contributed by atoms with Gasteiger partial charge in [0.05, 0.1) is 41.8 Å². The molecular weight excluding hydrogens is 546 g/mol. The predicted octanol–water partition coefficient (Wildman–Crippen LogP) is 9.75. The fourth-order valence-electron chi connectivity index (χ4n) is 9.03. The lowest BCUT2D eigenvalue weighted by molar-refractivity contribution is -1.01. The van der Waals surface area contributed by atoms with Gasteiger partial charge in [0, 0.05) is 22.3 Å². The summed E-state index contributed by atoms with van der Waals surface area (Å²) in [7, 11) is 0. The van der Waals surface area contributed by atoms with Gasteiger partial charge in [0.15, 0.2) is 0 Å². The second-order valence-electron chi connectivity index (χ2n) is 13.7. The molecule has 1 saturated heterocycles. The molecule has 2 spiro atoms. The van der Waals surface area contributed by atoms with Gasteiger partial charge in [0.2, 0.25) is 0 Å². The number of hydrogen-bond donors (Lipinski definition) is 0. The largest absolute Gasteiger partial charge is 0.315 e. The van der Waals surface area contributed by atoms with Crippen molar-refractivity contribution >= 4 is 21.5 Å². The van der Waals surface area contributed by atoms with Gasteiger partial charge >= 0.3 is 0 Å². The Balaban J connectivity index is 1.44. The summed E-state index contributed by atoms with van der Waals surface area (Å²) < 4.78 is 1.05. The van der Waals surface area contributed by atoms with Crippen LogP contribution < -0.4 is 0 Å². The van der Waals surface area contributed by atoms with E-state index in [2.05, 4.69) is 97.1 Å². The van der Waals surface area contributed by atoms with Crippen molar-refractivity contribution in [1.29, 1.82) is 10.5 Å². The molecule has 6 aromatic carbocycles. The summed E-state index contributed by atoms with van der Waals surface area (Å²) >= 11 is 0. The van der Waals surface area contributed by atoms with Crippen molar-refractivity contribution in [2.45, 2.75) is 32.4 Å². The molecule has 2 aliphatic heterocycles. The smallest absolute Gasteiger partial charge is 0.106 e. The van der Waals surface area contributed by atoms with Crippen LogP contribution in [0.1, 0.15) is 41.5 Å². The van der Waals surface area contributed by atoms with Gasteiger partial charge in [-0.25, -0.2) is 0 Å². The summed E-state index contributed by atoms with van der Waals surface area (Å²) in [5.74, 6) is 0. The number of nitrogens with zero attached hydrogens (tertiary/aromatic N) is 3. The highest BCUT2D eigenvalue weighted by Crippen LogP contribution is 2.57. The minimum atomic E-state index is 0.486. The van der Waals surface area contributed by atoms with E-state index in [1.807, 2.05) is 24.3 Å². The summed E-state index contributed by atoms with van der Waals surface area (Å²) in [6.07, 6.45) is 4.04. The third-order valence-electron chi connectivity index (χ3n) is 10.9. The highest BCUT2D eigenvalue weighted by Gasteiger charge is 2.59. The van der Waals surface area contributed by atoms with E-state index in [0.29, 0.717) is 16.5 Å². The Morgan fingerprint density at radius 2 is 1.04 bits per heavy atom. The van der Waals surface area contributed by atoms with E-state index in [9.17, 15) is 10.5 Å². The average molecular weight is 579 g/mol. The zero-order chi connectivity index (χ0) is 30.2. The lowest BCUT2D eigenvalue weighted by Gasteiger charge is -2.61. The maximum absolute atomic E-state index is 9.84. The third-order valence-corrected chi connectivity index (χ3v) is 10.9. The van der Waals surface area contributed by atoms with Crippen molar-refractivity contribution in [2.24, 2.45) is 5.41 Å². The monoisotopic (exact) mass is 578 g/mol. The Hall–Kier alpha value is -5.22. The van der Waals surface area contributed by atoms with Crippen LogP contribution in [0.15, 0.2) is 109 Å². The van der Waals surface area contributed by atoms with Crippen molar-refractivity contribution in [3.05, 3.63) is 131 Å². The van der Waals surface area contributed by atoms with Crippen LogP contribution in [0.2, 0.25) is 0 Å². The summed E-state index contributed by atoms with van der Waals surface area (Å²) in [6, 6.07) is 43.5. The van der Waals surface area contributed by atoms with Crippen LogP contribution in [0, 0.1) is 28.1 Å². The van der Waals surface area contributed by atoms with Gasteiger partial charge in [-0.2, -0.15) is 10.5 Å². The molecule has 0 aromatic heterocycles. The highest BCUT2D eigenvalue weighted by molar-refractivity contribution is 6.12. The van der Waals surface area contributed by atoms with Crippen LogP contribution in [0.4, 0.5) is 0 Å². The molecule has 3 nitrogen and oxygen atoms in total. The molecule has 3 aliphatic rings. The van der Waals surface area contributed by atoms with Gasteiger partial charge in [-0.05, 0) is 93.0 Å². The first-order valence-electron chi connectivity index (χ1n) is 16.0. The van der Waals surface area contributed by atoms with E-state index in [4.69, 9.17) is 0 Å². The van der Waals surface area contributed by atoms with Crippen LogP contribution in [0.25, 0.3) is 54.9 Å². The van der Waals surface area contributed by atoms with E-state index in [1.165, 1.54) is 87.3 Å². The number of fused-ring (bicyclic) bond motifs is 7. The third kappa shape index (κ3) is 3.98. The van der Waals surface area contributed by atoms with Gasteiger partial charge in [-0.3, -0.25) is 0 Å². The zero-order valence-corrected chi connectivity index (χ0v) is 25.2. The highest BCUT2D eigenvalue weighted by atomic mass is 15.4. The molecule has 214 valence electrons. The predicted molar refractivity (Wildman–Crippen MR) is 181 cm³/mol. The minimum Gasteiger partial charge on any atom is -0.315 e. The standard InChI is InChI=1S/C42H32N3/c43-22-28-8-5-12-30(18-28)36-20-32-10-1-3-14-34(32)40-38(36)24-45(26-42(27-45)16-7-17-42)25-39-37(31-13-6-9-29(19-31)23-44)21-33-11-2-4-15-35(33)41(39)40/h1-6,8-15,18-21H,7,16-17,24-27H2/q+1. The molecule has 0 radical (unpaired) electrons. The van der Waals surface area contributed by atoms with Crippen molar-refractivity contribution in [3.8, 4) is 45.5 Å². The van der Waals surface area contributed by atoms with E-state index in [1.54, 1.807) is 0 Å². The molecule has 0 bridgehead atoms. The first kappa shape index (κ1) is 26.2. The number of hydrogen-bond acceptors (Lipinski definition) is 2. The Morgan fingerprint density at radius 3 is 1.49 bits per heavy atom. The number of benzene rings is 6. The summed E-state index contributed by atoms with van der Waals surface area (Å²) in [5.41, 5.74) is 12.0. The maximum atomic E-state index is 9.84. The van der Waals surface area contributed by atoms with E-state index < -0.39 is 0 Å². The Kier molecular flexibility index (Phi) is 5.61. The fraction of sp³-hybridized carbons (Fsp3) is 0.190. The number of quaternary nitrogens is 1. The molecule has 0 unspecified atom stereocenters. The fourth-order valence-corrected chi connectivity index (χ4v) is 9.03. The molecule has 3 heteroatoms. The quantitative estimate of drug-likeness (QED) is 0.192. The molecule has 0 atom stereocenters. The van der Waals surface area contributed by atoms with E-state index >= 15 is 0 Å². The van der Waals surface area contributed by atoms with Gasteiger partial charge in [-0.15, -0.1) is 0 Å². The van der Waals surface area contributed by atoms with Gasteiger partial charge in [-0.1, -0.05) is 79.2 Å². The summed E-state index contributed by atoms with van der Waals surface area (Å²) in [4.78, 5) is 0. The molecule has 1 aliphatic carbocycles. The second-order valence-corrected chi connectivity index (χ2v) is 13.7. The van der Waals surface area contributed by atoms with Gasteiger partial charge < -0.3 is 4.48 Å². The van der Waals surface area contributed by atoms with Crippen LogP contribution >= 0.6 is 0 Å². The first-order chi connectivity index (χ1) is 22.1. The number of nitriles is 2. The Bertz CT molecular complexity index is 2130. The van der Waals surface area contributed by atoms with Crippen LogP contribution in [-0.4, -0.2) is 17.6 Å². The normalized spacial score (nSPS) is 17.0. The van der Waals surface area contributed by atoms with E-state index in [0.717, 1.165) is 28.7 Å². The molecule has 45 heavy (non-hydrogen) atoms.